The van der Waals surface area contributed by atoms with Crippen molar-refractivity contribution in [2.24, 2.45) is 0 Å². The molecule has 3 N–H and O–H groups in total. The van der Waals surface area contributed by atoms with Gasteiger partial charge in [-0.15, -0.1) is 6.58 Å². The van der Waals surface area contributed by atoms with Gasteiger partial charge in [0.25, 0.3) is 5.91 Å². The summed E-state index contributed by atoms with van der Waals surface area (Å²) in [6, 6.07) is 10.1. The summed E-state index contributed by atoms with van der Waals surface area (Å²) >= 11 is 7.05. The first-order valence-corrected chi connectivity index (χ1v) is 12.6. The molecular formula is C22H18ClN5O4S2. The molecule has 9 nitrogen and oxygen atoms in total. The van der Waals surface area contributed by atoms with Crippen LogP contribution in [-0.2, 0) is 16.3 Å². The molecule has 0 saturated heterocycles. The number of halogens is 1. The summed E-state index contributed by atoms with van der Waals surface area (Å²) in [5.41, 5.74) is 0.655. The van der Waals surface area contributed by atoms with Gasteiger partial charge in [-0.1, -0.05) is 41.1 Å². The van der Waals surface area contributed by atoms with Crippen LogP contribution in [0.5, 0.6) is 0 Å². The van der Waals surface area contributed by atoms with Gasteiger partial charge in [0.2, 0.25) is 0 Å². The van der Waals surface area contributed by atoms with Crippen molar-refractivity contribution >= 4 is 60.1 Å². The van der Waals surface area contributed by atoms with E-state index in [1.807, 2.05) is 0 Å². The molecule has 0 spiro atoms. The molecule has 4 rings (SSSR count). The van der Waals surface area contributed by atoms with Crippen LogP contribution in [0.2, 0.25) is 5.02 Å². The van der Waals surface area contributed by atoms with Crippen LogP contribution < -0.4 is 10.6 Å². The van der Waals surface area contributed by atoms with Crippen molar-refractivity contribution in [3.8, 4) is 0 Å². The van der Waals surface area contributed by atoms with E-state index in [0.29, 0.717) is 16.0 Å². The summed E-state index contributed by atoms with van der Waals surface area (Å²) in [6.07, 6.45) is 4.71. The third-order valence-corrected chi connectivity index (χ3v) is 8.20. The van der Waals surface area contributed by atoms with Crippen LogP contribution in [0.15, 0.2) is 72.4 Å². The van der Waals surface area contributed by atoms with E-state index in [4.69, 9.17) is 11.6 Å². The van der Waals surface area contributed by atoms with E-state index in [-0.39, 0.29) is 27.0 Å². The normalized spacial score (nSPS) is 12.3. The molecule has 0 fully saturated rings. The zero-order chi connectivity index (χ0) is 24.3. The quantitative estimate of drug-likeness (QED) is 0.316. The summed E-state index contributed by atoms with van der Waals surface area (Å²) in [5.74, 6) is -0.124. The summed E-state index contributed by atoms with van der Waals surface area (Å²) in [6.45, 7) is 3.66. The summed E-state index contributed by atoms with van der Waals surface area (Å²) in [5, 5.41) is 4.22. The van der Waals surface area contributed by atoms with Gasteiger partial charge in [-0.05, 0) is 30.3 Å². The molecule has 0 aliphatic heterocycles. The lowest BCUT2D eigenvalue weighted by molar-refractivity contribution is 0.0967. The van der Waals surface area contributed by atoms with Crippen LogP contribution in [0.4, 0.5) is 9.93 Å². The lowest BCUT2D eigenvalue weighted by Gasteiger charge is -2.12. The highest BCUT2D eigenvalue weighted by Crippen LogP contribution is 2.30. The number of rotatable bonds is 7. The monoisotopic (exact) mass is 515 g/mol. The molecule has 3 amide bonds. The second-order valence-corrected chi connectivity index (χ2v) is 10.7. The number of fused-ring (bicyclic) bond motifs is 1. The van der Waals surface area contributed by atoms with Crippen molar-refractivity contribution in [2.45, 2.75) is 16.6 Å². The van der Waals surface area contributed by atoms with Gasteiger partial charge in [-0.3, -0.25) is 15.4 Å². The number of nitrogens with one attached hydrogen (secondary N) is 3. The molecule has 4 aromatic rings. The highest BCUT2D eigenvalue weighted by atomic mass is 35.5. The molecule has 0 bridgehead atoms. The summed E-state index contributed by atoms with van der Waals surface area (Å²) in [4.78, 5) is 35.9. The van der Waals surface area contributed by atoms with E-state index in [1.54, 1.807) is 36.7 Å². The van der Waals surface area contributed by atoms with E-state index >= 15 is 0 Å². The predicted molar refractivity (Wildman–Crippen MR) is 131 cm³/mol. The van der Waals surface area contributed by atoms with Gasteiger partial charge in [0.05, 0.1) is 30.9 Å². The number of benzene rings is 2. The fourth-order valence-electron chi connectivity index (χ4n) is 3.17. The maximum Gasteiger partial charge on any atom is 0.327 e. The number of imide groups is 1. The molecule has 0 saturated carbocycles. The van der Waals surface area contributed by atoms with Crippen molar-refractivity contribution in [2.75, 3.05) is 5.32 Å². The number of H-pyrrole nitrogens is 1. The van der Waals surface area contributed by atoms with E-state index < -0.39 is 27.0 Å². The number of imidazole rings is 1. The van der Waals surface area contributed by atoms with Crippen LogP contribution in [0, 0.1) is 0 Å². The van der Waals surface area contributed by atoms with Crippen molar-refractivity contribution in [3.05, 3.63) is 83.9 Å². The average molecular weight is 516 g/mol. The molecular weight excluding hydrogens is 498 g/mol. The highest BCUT2D eigenvalue weighted by Gasteiger charge is 2.26. The molecule has 12 heteroatoms. The minimum atomic E-state index is -3.74. The Bertz CT molecular complexity index is 1480. The van der Waals surface area contributed by atoms with Gasteiger partial charge in [0.15, 0.2) is 15.0 Å². The van der Waals surface area contributed by atoms with E-state index in [2.05, 4.69) is 32.2 Å². The number of anilines is 1. The third-order valence-electron chi connectivity index (χ3n) is 4.87. The number of hydrogen-bond acceptors (Lipinski definition) is 7. The fraction of sp³-hybridized carbons (Fsp3) is 0.0909. The lowest BCUT2D eigenvalue weighted by Crippen LogP contribution is -2.34. The van der Waals surface area contributed by atoms with E-state index in [9.17, 15) is 18.0 Å². The molecule has 0 aliphatic rings. The van der Waals surface area contributed by atoms with Crippen molar-refractivity contribution in [1.82, 2.24) is 20.3 Å². The fourth-order valence-corrected chi connectivity index (χ4v) is 5.89. The molecule has 0 radical (unpaired) electrons. The molecule has 2 aromatic carbocycles. The van der Waals surface area contributed by atoms with Gasteiger partial charge in [0.1, 0.15) is 5.82 Å². The van der Waals surface area contributed by atoms with E-state index in [0.717, 1.165) is 11.3 Å². The van der Waals surface area contributed by atoms with Crippen molar-refractivity contribution in [3.63, 3.8) is 0 Å². The number of carbonyl (C=O) groups is 2. The smallest absolute Gasteiger partial charge is 0.327 e. The number of hydrogen-bond donors (Lipinski definition) is 3. The summed E-state index contributed by atoms with van der Waals surface area (Å²) < 4.78 is 26.8. The van der Waals surface area contributed by atoms with E-state index in [1.165, 1.54) is 24.3 Å². The zero-order valence-electron chi connectivity index (χ0n) is 17.5. The number of thiazole rings is 1. The largest absolute Gasteiger partial charge is 0.349 e. The summed E-state index contributed by atoms with van der Waals surface area (Å²) in [7, 11) is -3.74. The molecule has 2 aromatic heterocycles. The molecule has 2 heterocycles. The minimum Gasteiger partial charge on any atom is -0.349 e. The Morgan fingerprint density at radius 3 is 2.74 bits per heavy atom. The number of sulfone groups is 1. The zero-order valence-corrected chi connectivity index (χ0v) is 19.9. The maximum atomic E-state index is 13.1. The van der Waals surface area contributed by atoms with Crippen LogP contribution in [0.1, 0.15) is 16.2 Å². The van der Waals surface area contributed by atoms with Gasteiger partial charge in [-0.25, -0.2) is 23.2 Å². The minimum absolute atomic E-state index is 0.102. The number of urea groups is 1. The van der Waals surface area contributed by atoms with Crippen LogP contribution in [-0.4, -0.2) is 40.6 Å². The first-order valence-electron chi connectivity index (χ1n) is 9.90. The Morgan fingerprint density at radius 2 is 2.03 bits per heavy atom. The second kappa shape index (κ2) is 9.75. The van der Waals surface area contributed by atoms with Crippen LogP contribution in [0.3, 0.4) is 0 Å². The number of nitrogens with zero attached hydrogens (tertiary/aromatic N) is 2. The molecule has 174 valence electrons. The van der Waals surface area contributed by atoms with Crippen LogP contribution >= 0.6 is 22.9 Å². The number of aromatic nitrogens is 3. The first kappa shape index (κ1) is 23.6. The van der Waals surface area contributed by atoms with Gasteiger partial charge < -0.3 is 4.98 Å². The Balaban J connectivity index is 1.50. The predicted octanol–water partition coefficient (Wildman–Crippen LogP) is 4.21. The second-order valence-electron chi connectivity index (χ2n) is 7.10. The topological polar surface area (TPSA) is 134 Å². The highest BCUT2D eigenvalue weighted by molar-refractivity contribution is 7.92. The lowest BCUT2D eigenvalue weighted by atomic mass is 10.2. The third kappa shape index (κ3) is 5.01. The van der Waals surface area contributed by atoms with Crippen molar-refractivity contribution < 1.29 is 18.0 Å². The van der Waals surface area contributed by atoms with Gasteiger partial charge in [-0.2, -0.15) is 0 Å². The first-order chi connectivity index (χ1) is 16.3. The number of amides is 3. The van der Waals surface area contributed by atoms with Crippen LogP contribution in [0.25, 0.3) is 10.2 Å². The Kier molecular flexibility index (Phi) is 6.77. The SMILES string of the molecule is C=CC(Cc1ncc[nH]1)S(=O)(=O)c1ccc2nc(NC(=O)NC(=O)c3ccccc3Cl)sc2c1. The Morgan fingerprint density at radius 1 is 1.24 bits per heavy atom. The Hall–Kier alpha value is -3.54. The molecule has 1 atom stereocenters. The van der Waals surface area contributed by atoms with Crippen molar-refractivity contribution in [1.29, 1.82) is 0 Å². The number of aromatic amines is 1. The standard InChI is InChI=1S/C22H18ClN5O4S2/c1-2-13(12-19-24-9-10-25-19)34(31,32)14-7-8-17-18(11-14)33-22(26-17)28-21(30)27-20(29)15-5-3-4-6-16(15)23/h2-11,13H,1,12H2,(H,24,25)(H2,26,27,28,29,30). The van der Waals surface area contributed by atoms with Gasteiger partial charge in [0, 0.05) is 18.8 Å². The number of carbonyl (C=O) groups excluding carboxylic acids is 2. The molecule has 34 heavy (non-hydrogen) atoms. The Labute approximate surface area is 203 Å². The van der Waals surface area contributed by atoms with Gasteiger partial charge >= 0.3 is 6.03 Å². The molecule has 1 unspecified atom stereocenters. The maximum absolute atomic E-state index is 13.1. The molecule has 0 aliphatic carbocycles. The average Bonchev–Trinajstić information content (AvgIpc) is 3.46.